The fourth-order valence-corrected chi connectivity index (χ4v) is 4.47. The van der Waals surface area contributed by atoms with Gasteiger partial charge in [0, 0.05) is 11.4 Å². The highest BCUT2D eigenvalue weighted by Crippen LogP contribution is 2.31. The quantitative estimate of drug-likeness (QED) is 0.486. The van der Waals surface area contributed by atoms with Crippen LogP contribution in [-0.2, 0) is 4.79 Å². The molecule has 0 fully saturated rings. The van der Waals surface area contributed by atoms with E-state index in [-0.39, 0.29) is 17.0 Å². The Kier molecular flexibility index (Phi) is 6.64. The van der Waals surface area contributed by atoms with Crippen molar-refractivity contribution < 1.29 is 9.18 Å². The number of amides is 1. The fraction of sp³-hybridized carbons (Fsp3) is 0.250. The third kappa shape index (κ3) is 5.30. The van der Waals surface area contributed by atoms with Gasteiger partial charge in [-0.1, -0.05) is 61.2 Å². The molecular weight excluding hydrogens is 395 g/mol. The Hall–Kier alpha value is -2.45. The van der Waals surface area contributed by atoms with Gasteiger partial charge in [0.15, 0.2) is 4.34 Å². The van der Waals surface area contributed by atoms with Crippen molar-refractivity contribution in [2.45, 2.75) is 36.3 Å². The van der Waals surface area contributed by atoms with Crippen molar-refractivity contribution in [3.8, 4) is 0 Å². The van der Waals surface area contributed by atoms with Crippen LogP contribution in [0.4, 0.5) is 20.9 Å². The maximum absolute atomic E-state index is 13.3. The van der Waals surface area contributed by atoms with Crippen molar-refractivity contribution >= 4 is 45.5 Å². The van der Waals surface area contributed by atoms with Crippen molar-refractivity contribution in [2.75, 3.05) is 10.6 Å². The number of thioether (sulfide) groups is 1. The Bertz CT molecular complexity index is 961. The number of halogens is 1. The zero-order chi connectivity index (χ0) is 20.1. The minimum absolute atomic E-state index is 0.0899. The van der Waals surface area contributed by atoms with Gasteiger partial charge >= 0.3 is 0 Å². The Morgan fingerprint density at radius 1 is 1.11 bits per heavy atom. The molecule has 0 radical (unpaired) electrons. The second-order valence-electron chi connectivity index (χ2n) is 6.50. The molecule has 0 aliphatic carbocycles. The fourth-order valence-electron chi connectivity index (χ4n) is 2.55. The van der Waals surface area contributed by atoms with Crippen molar-refractivity contribution in [1.29, 1.82) is 0 Å². The van der Waals surface area contributed by atoms with Crippen LogP contribution in [0.15, 0.2) is 52.9 Å². The summed E-state index contributed by atoms with van der Waals surface area (Å²) in [7, 11) is 0. The lowest BCUT2D eigenvalue weighted by Gasteiger charge is -2.15. The van der Waals surface area contributed by atoms with E-state index in [0.717, 1.165) is 11.3 Å². The number of aromatic nitrogens is 2. The van der Waals surface area contributed by atoms with Crippen molar-refractivity contribution in [3.05, 3.63) is 59.9 Å². The van der Waals surface area contributed by atoms with Gasteiger partial charge in [-0.3, -0.25) is 4.79 Å². The minimum Gasteiger partial charge on any atom is -0.330 e. The predicted molar refractivity (Wildman–Crippen MR) is 114 cm³/mol. The lowest BCUT2D eigenvalue weighted by atomic mass is 10.0. The van der Waals surface area contributed by atoms with E-state index in [0.29, 0.717) is 21.1 Å². The van der Waals surface area contributed by atoms with Gasteiger partial charge in [-0.2, -0.15) is 0 Å². The molecule has 3 aromatic rings. The molecule has 5 nitrogen and oxygen atoms in total. The molecule has 0 saturated heterocycles. The minimum atomic E-state index is -0.338. The average Bonchev–Trinajstić information content (AvgIpc) is 3.08. The van der Waals surface area contributed by atoms with Crippen molar-refractivity contribution in [1.82, 2.24) is 10.2 Å². The van der Waals surface area contributed by atoms with Gasteiger partial charge in [0.25, 0.3) is 0 Å². The van der Waals surface area contributed by atoms with Crippen LogP contribution in [0.2, 0.25) is 0 Å². The summed E-state index contributed by atoms with van der Waals surface area (Å²) >= 11 is 2.66. The summed E-state index contributed by atoms with van der Waals surface area (Å²) in [5, 5.41) is 14.4. The molecule has 0 spiro atoms. The maximum Gasteiger partial charge on any atom is 0.237 e. The van der Waals surface area contributed by atoms with E-state index in [4.69, 9.17) is 0 Å². The first-order valence-electron chi connectivity index (χ1n) is 8.85. The van der Waals surface area contributed by atoms with Crippen LogP contribution in [0.3, 0.4) is 0 Å². The van der Waals surface area contributed by atoms with E-state index in [1.165, 1.54) is 35.2 Å². The van der Waals surface area contributed by atoms with E-state index in [2.05, 4.69) is 34.7 Å². The molecule has 1 atom stereocenters. The van der Waals surface area contributed by atoms with Gasteiger partial charge < -0.3 is 10.6 Å². The lowest BCUT2D eigenvalue weighted by molar-refractivity contribution is -0.115. The monoisotopic (exact) mass is 416 g/mol. The van der Waals surface area contributed by atoms with Crippen LogP contribution in [0, 0.1) is 5.82 Å². The topological polar surface area (TPSA) is 66.9 Å². The molecule has 1 aromatic heterocycles. The van der Waals surface area contributed by atoms with Gasteiger partial charge in [0.1, 0.15) is 5.82 Å². The molecule has 1 amide bonds. The number of nitrogens with one attached hydrogen (secondary N) is 2. The van der Waals surface area contributed by atoms with Crippen molar-refractivity contribution in [2.24, 2.45) is 0 Å². The Morgan fingerprint density at radius 2 is 1.89 bits per heavy atom. The van der Waals surface area contributed by atoms with Gasteiger partial charge in [-0.25, -0.2) is 4.39 Å². The first kappa shape index (κ1) is 20.3. The average molecular weight is 417 g/mol. The second-order valence-corrected chi connectivity index (χ2v) is 9.07. The lowest BCUT2D eigenvalue weighted by Crippen LogP contribution is -2.23. The molecule has 146 valence electrons. The molecule has 1 heterocycles. The highest BCUT2D eigenvalue weighted by Gasteiger charge is 2.19. The van der Waals surface area contributed by atoms with E-state index in [1.807, 2.05) is 31.2 Å². The van der Waals surface area contributed by atoms with E-state index in [9.17, 15) is 9.18 Å². The summed E-state index contributed by atoms with van der Waals surface area (Å²) in [5.74, 6) is -0.0943. The Morgan fingerprint density at radius 3 is 2.64 bits per heavy atom. The van der Waals surface area contributed by atoms with Crippen LogP contribution >= 0.6 is 23.1 Å². The van der Waals surface area contributed by atoms with Crippen LogP contribution in [-0.4, -0.2) is 21.4 Å². The summed E-state index contributed by atoms with van der Waals surface area (Å²) in [6.07, 6.45) is 0. The molecule has 2 N–H and O–H groups in total. The highest BCUT2D eigenvalue weighted by atomic mass is 32.2. The molecule has 0 bridgehead atoms. The summed E-state index contributed by atoms with van der Waals surface area (Å²) in [6, 6.07) is 14.0. The first-order valence-corrected chi connectivity index (χ1v) is 10.5. The smallest absolute Gasteiger partial charge is 0.237 e. The number of carbonyl (C=O) groups excluding carboxylic acids is 1. The Labute approximate surface area is 171 Å². The molecule has 2 aromatic carbocycles. The van der Waals surface area contributed by atoms with Gasteiger partial charge in [-0.15, -0.1) is 10.2 Å². The molecular formula is C20H21FN4OS2. The number of rotatable bonds is 7. The number of para-hydroxylation sites is 1. The standard InChI is InChI=1S/C20H21FN4OS2/c1-12(2)16-9-4-5-10-17(16)23-18(26)13(3)27-20-25-24-19(28-20)22-15-8-6-7-14(21)11-15/h4-13H,1-3H3,(H,22,24)(H,23,26)/t13-/m0/s1. The van der Waals surface area contributed by atoms with E-state index < -0.39 is 0 Å². The third-order valence-corrected chi connectivity index (χ3v) is 5.99. The SMILES string of the molecule is CC(C)c1ccccc1NC(=O)[C@H](C)Sc1nnc(Nc2cccc(F)c2)s1. The summed E-state index contributed by atoms with van der Waals surface area (Å²) in [4.78, 5) is 12.6. The van der Waals surface area contributed by atoms with Gasteiger partial charge in [0.05, 0.1) is 5.25 Å². The Balaban J connectivity index is 1.61. The zero-order valence-electron chi connectivity index (χ0n) is 15.8. The molecule has 0 saturated carbocycles. The first-order chi connectivity index (χ1) is 13.4. The van der Waals surface area contributed by atoms with Crippen LogP contribution in [0.1, 0.15) is 32.3 Å². The number of carbonyl (C=O) groups is 1. The number of hydrogen-bond donors (Lipinski definition) is 2. The molecule has 8 heteroatoms. The molecule has 3 rings (SSSR count). The normalized spacial score (nSPS) is 12.0. The van der Waals surface area contributed by atoms with Crippen LogP contribution in [0.25, 0.3) is 0 Å². The largest absolute Gasteiger partial charge is 0.330 e. The number of anilines is 3. The summed E-state index contributed by atoms with van der Waals surface area (Å²) in [5.41, 5.74) is 2.54. The number of nitrogens with zero attached hydrogens (tertiary/aromatic N) is 2. The van der Waals surface area contributed by atoms with Crippen LogP contribution in [0.5, 0.6) is 0 Å². The predicted octanol–water partition coefficient (Wildman–Crippen LogP) is 5.66. The van der Waals surface area contributed by atoms with E-state index in [1.54, 1.807) is 12.1 Å². The third-order valence-electron chi connectivity index (χ3n) is 3.97. The summed E-state index contributed by atoms with van der Waals surface area (Å²) in [6.45, 7) is 6.02. The van der Waals surface area contributed by atoms with Crippen LogP contribution < -0.4 is 10.6 Å². The molecule has 0 unspecified atom stereocenters. The van der Waals surface area contributed by atoms with E-state index >= 15 is 0 Å². The van der Waals surface area contributed by atoms with Gasteiger partial charge in [-0.05, 0) is 42.7 Å². The molecule has 28 heavy (non-hydrogen) atoms. The second kappa shape index (κ2) is 9.16. The molecule has 0 aliphatic heterocycles. The maximum atomic E-state index is 13.3. The number of hydrogen-bond acceptors (Lipinski definition) is 6. The number of benzene rings is 2. The molecule has 0 aliphatic rings. The summed E-state index contributed by atoms with van der Waals surface area (Å²) < 4.78 is 13.9. The van der Waals surface area contributed by atoms with Gasteiger partial charge in [0.2, 0.25) is 11.0 Å². The zero-order valence-corrected chi connectivity index (χ0v) is 17.4. The van der Waals surface area contributed by atoms with Crippen molar-refractivity contribution in [3.63, 3.8) is 0 Å². The highest BCUT2D eigenvalue weighted by molar-refractivity contribution is 8.02.